The number of nitrogens with one attached hydrogen (secondary N) is 1. The summed E-state index contributed by atoms with van der Waals surface area (Å²) < 4.78 is 0.797. The van der Waals surface area contributed by atoms with E-state index in [1.54, 1.807) is 11.3 Å². The lowest BCUT2D eigenvalue weighted by molar-refractivity contribution is 0.273. The third-order valence-electron chi connectivity index (χ3n) is 3.58. The third kappa shape index (κ3) is 2.78. The molecule has 2 atom stereocenters. The summed E-state index contributed by atoms with van der Waals surface area (Å²) in [7, 11) is 0. The zero-order chi connectivity index (χ0) is 15.0. The maximum absolute atomic E-state index is 6.13. The van der Waals surface area contributed by atoms with Crippen LogP contribution < -0.4 is 5.32 Å². The first-order chi connectivity index (χ1) is 10.1. The SMILES string of the molecule is CC(C)N1C(=S)NC(c2ccccn2)C1c1ccc(Cl)s1. The Kier molecular flexibility index (Phi) is 4.15. The number of halogens is 1. The number of thiophene rings is 1. The second-order valence-corrected chi connectivity index (χ2v) is 7.40. The first-order valence-corrected chi connectivity index (χ1v) is 8.43. The number of hydrogen-bond acceptors (Lipinski definition) is 3. The van der Waals surface area contributed by atoms with Crippen molar-refractivity contribution in [2.45, 2.75) is 32.0 Å². The molecule has 1 N–H and O–H groups in total. The zero-order valence-corrected chi connectivity index (χ0v) is 14.2. The summed E-state index contributed by atoms with van der Waals surface area (Å²) in [5.74, 6) is 0. The van der Waals surface area contributed by atoms with Crippen molar-refractivity contribution in [3.8, 4) is 0 Å². The van der Waals surface area contributed by atoms with Crippen molar-refractivity contribution >= 4 is 40.3 Å². The maximum Gasteiger partial charge on any atom is 0.170 e. The van der Waals surface area contributed by atoms with Gasteiger partial charge in [-0.2, -0.15) is 0 Å². The Morgan fingerprint density at radius 1 is 1.33 bits per heavy atom. The standard InChI is InChI=1S/C15H16ClN3S2/c1-9(2)19-14(11-6-7-12(16)21-11)13(18-15(19)20)10-5-3-4-8-17-10/h3-9,13-14H,1-2H3,(H,18,20). The number of nitrogens with zero attached hydrogens (tertiary/aromatic N) is 2. The van der Waals surface area contributed by atoms with Gasteiger partial charge in [-0.05, 0) is 50.3 Å². The van der Waals surface area contributed by atoms with Gasteiger partial charge in [0.15, 0.2) is 5.11 Å². The molecule has 1 fully saturated rings. The smallest absolute Gasteiger partial charge is 0.170 e. The van der Waals surface area contributed by atoms with Crippen LogP contribution >= 0.6 is 35.2 Å². The molecular weight excluding hydrogens is 322 g/mol. The highest BCUT2D eigenvalue weighted by Gasteiger charge is 2.41. The Hall–Kier alpha value is -1.17. The van der Waals surface area contributed by atoms with E-state index in [1.165, 1.54) is 4.88 Å². The average molecular weight is 338 g/mol. The van der Waals surface area contributed by atoms with Gasteiger partial charge in [0.25, 0.3) is 0 Å². The summed E-state index contributed by atoms with van der Waals surface area (Å²) in [6.45, 7) is 4.30. The van der Waals surface area contributed by atoms with Gasteiger partial charge in [-0.15, -0.1) is 11.3 Å². The van der Waals surface area contributed by atoms with Gasteiger partial charge in [-0.3, -0.25) is 4.98 Å². The minimum atomic E-state index is 0.0517. The van der Waals surface area contributed by atoms with Crippen molar-refractivity contribution in [2.24, 2.45) is 0 Å². The van der Waals surface area contributed by atoms with E-state index in [4.69, 9.17) is 23.8 Å². The van der Waals surface area contributed by atoms with Crippen LogP contribution in [0.4, 0.5) is 0 Å². The van der Waals surface area contributed by atoms with Crippen molar-refractivity contribution in [1.29, 1.82) is 0 Å². The lowest BCUT2D eigenvalue weighted by Gasteiger charge is -2.30. The topological polar surface area (TPSA) is 28.2 Å². The van der Waals surface area contributed by atoms with Crippen LogP contribution in [-0.4, -0.2) is 21.0 Å². The fourth-order valence-corrected chi connectivity index (χ4v) is 4.36. The lowest BCUT2D eigenvalue weighted by Crippen LogP contribution is -2.35. The van der Waals surface area contributed by atoms with Crippen LogP contribution in [0.15, 0.2) is 36.5 Å². The van der Waals surface area contributed by atoms with E-state index in [9.17, 15) is 0 Å². The minimum Gasteiger partial charge on any atom is -0.352 e. The summed E-state index contributed by atoms with van der Waals surface area (Å²) in [6, 6.07) is 10.5. The van der Waals surface area contributed by atoms with E-state index in [-0.39, 0.29) is 12.1 Å². The summed E-state index contributed by atoms with van der Waals surface area (Å²) in [5.41, 5.74) is 0.998. The predicted octanol–water partition coefficient (Wildman–Crippen LogP) is 4.18. The first-order valence-electron chi connectivity index (χ1n) is 6.83. The van der Waals surface area contributed by atoms with Gasteiger partial charge >= 0.3 is 0 Å². The lowest BCUT2D eigenvalue weighted by atomic mass is 10.0. The minimum absolute atomic E-state index is 0.0517. The molecule has 6 heteroatoms. The molecule has 1 saturated heterocycles. The molecule has 2 aromatic heterocycles. The molecular formula is C15H16ClN3S2. The summed E-state index contributed by atoms with van der Waals surface area (Å²) in [5, 5.41) is 4.19. The average Bonchev–Trinajstić information content (AvgIpc) is 3.03. The molecule has 0 spiro atoms. The molecule has 2 aromatic rings. The number of rotatable bonds is 3. The second kappa shape index (κ2) is 5.91. The molecule has 1 aliphatic heterocycles. The van der Waals surface area contributed by atoms with Crippen LogP contribution in [0, 0.1) is 0 Å². The molecule has 2 unspecified atom stereocenters. The van der Waals surface area contributed by atoms with E-state index in [1.807, 2.05) is 30.5 Å². The highest BCUT2D eigenvalue weighted by atomic mass is 35.5. The highest BCUT2D eigenvalue weighted by molar-refractivity contribution is 7.80. The van der Waals surface area contributed by atoms with Crippen molar-refractivity contribution in [1.82, 2.24) is 15.2 Å². The molecule has 0 bridgehead atoms. The Balaban J connectivity index is 2.05. The molecule has 21 heavy (non-hydrogen) atoms. The van der Waals surface area contributed by atoms with E-state index >= 15 is 0 Å². The van der Waals surface area contributed by atoms with Gasteiger partial charge < -0.3 is 10.2 Å². The Morgan fingerprint density at radius 3 is 2.71 bits per heavy atom. The quantitative estimate of drug-likeness (QED) is 0.850. The Labute approximate surface area is 139 Å². The van der Waals surface area contributed by atoms with Crippen molar-refractivity contribution in [2.75, 3.05) is 0 Å². The molecule has 3 rings (SSSR count). The molecule has 0 aliphatic carbocycles. The van der Waals surface area contributed by atoms with E-state index in [0.29, 0.717) is 6.04 Å². The van der Waals surface area contributed by atoms with Gasteiger partial charge in [-0.1, -0.05) is 17.7 Å². The normalized spacial score (nSPS) is 21.9. The summed E-state index contributed by atoms with van der Waals surface area (Å²) in [4.78, 5) is 7.93. The Bertz CT molecular complexity index is 641. The number of hydrogen-bond donors (Lipinski definition) is 1. The summed E-state index contributed by atoms with van der Waals surface area (Å²) in [6.07, 6.45) is 1.82. The zero-order valence-electron chi connectivity index (χ0n) is 11.8. The van der Waals surface area contributed by atoms with E-state index in [2.05, 4.69) is 35.1 Å². The van der Waals surface area contributed by atoms with Gasteiger partial charge in [0.1, 0.15) is 0 Å². The fraction of sp³-hybridized carbons (Fsp3) is 0.333. The van der Waals surface area contributed by atoms with Crippen molar-refractivity contribution in [3.05, 3.63) is 51.4 Å². The van der Waals surface area contributed by atoms with Crippen LogP contribution in [0.2, 0.25) is 4.34 Å². The highest BCUT2D eigenvalue weighted by Crippen LogP contribution is 2.42. The van der Waals surface area contributed by atoms with Crippen LogP contribution in [0.25, 0.3) is 0 Å². The molecule has 0 saturated carbocycles. The molecule has 3 nitrogen and oxygen atoms in total. The van der Waals surface area contributed by atoms with Crippen LogP contribution in [0.5, 0.6) is 0 Å². The molecule has 0 amide bonds. The number of aromatic nitrogens is 1. The molecule has 3 heterocycles. The largest absolute Gasteiger partial charge is 0.352 e. The monoisotopic (exact) mass is 337 g/mol. The molecule has 1 aliphatic rings. The van der Waals surface area contributed by atoms with Crippen molar-refractivity contribution < 1.29 is 0 Å². The Morgan fingerprint density at radius 2 is 2.14 bits per heavy atom. The van der Waals surface area contributed by atoms with Gasteiger partial charge in [-0.25, -0.2) is 0 Å². The van der Waals surface area contributed by atoms with Gasteiger partial charge in [0, 0.05) is 17.1 Å². The summed E-state index contributed by atoms with van der Waals surface area (Å²) >= 11 is 13.3. The van der Waals surface area contributed by atoms with Crippen LogP contribution in [-0.2, 0) is 0 Å². The molecule has 0 aromatic carbocycles. The molecule has 0 radical (unpaired) electrons. The van der Waals surface area contributed by atoms with E-state index < -0.39 is 0 Å². The first kappa shape index (κ1) is 14.8. The van der Waals surface area contributed by atoms with E-state index in [0.717, 1.165) is 15.1 Å². The van der Waals surface area contributed by atoms with Crippen LogP contribution in [0.1, 0.15) is 36.5 Å². The van der Waals surface area contributed by atoms with Gasteiger partial charge in [0.2, 0.25) is 0 Å². The fourth-order valence-electron chi connectivity index (χ4n) is 2.71. The number of pyridine rings is 1. The third-order valence-corrected chi connectivity index (χ3v) is 5.21. The second-order valence-electron chi connectivity index (χ2n) is 5.27. The maximum atomic E-state index is 6.13. The van der Waals surface area contributed by atoms with Crippen molar-refractivity contribution in [3.63, 3.8) is 0 Å². The predicted molar refractivity (Wildman–Crippen MR) is 91.8 cm³/mol. The number of thiocarbonyl (C=S) groups is 1. The van der Waals surface area contributed by atoms with Gasteiger partial charge in [0.05, 0.1) is 22.1 Å². The van der Waals surface area contributed by atoms with Crippen LogP contribution in [0.3, 0.4) is 0 Å². The molecule has 110 valence electrons.